The monoisotopic (exact) mass is 271 g/mol. The second-order valence-corrected chi connectivity index (χ2v) is 6.50. The zero-order valence-electron chi connectivity index (χ0n) is 12.0. The lowest BCUT2D eigenvalue weighted by Gasteiger charge is -2.30. The molecule has 0 aliphatic carbocycles. The van der Waals surface area contributed by atoms with E-state index >= 15 is 0 Å². The number of hydrogen-bond donors (Lipinski definition) is 2. The molecule has 0 aromatic heterocycles. The van der Waals surface area contributed by atoms with Gasteiger partial charge in [-0.25, -0.2) is 0 Å². The normalized spacial score (nSPS) is 13.9. The SMILES string of the molecule is CC(C)(C)c1ccc([C@@H](N)C(C)(C)CO)cc1.Cl. The van der Waals surface area contributed by atoms with Gasteiger partial charge in [-0.05, 0) is 16.5 Å². The number of nitrogens with two attached hydrogens (primary N) is 1. The lowest BCUT2D eigenvalue weighted by Crippen LogP contribution is -2.32. The minimum atomic E-state index is -0.288. The Bertz CT molecular complexity index is 365. The third-order valence-electron chi connectivity index (χ3n) is 3.39. The Morgan fingerprint density at radius 1 is 1.06 bits per heavy atom. The highest BCUT2D eigenvalue weighted by atomic mass is 35.5. The van der Waals surface area contributed by atoms with Crippen molar-refractivity contribution in [3.8, 4) is 0 Å². The fourth-order valence-electron chi connectivity index (χ4n) is 1.74. The Labute approximate surface area is 117 Å². The molecule has 0 spiro atoms. The smallest absolute Gasteiger partial charge is 0.0500 e. The number of halogens is 1. The summed E-state index contributed by atoms with van der Waals surface area (Å²) in [6.45, 7) is 10.6. The maximum atomic E-state index is 9.33. The fourth-order valence-corrected chi connectivity index (χ4v) is 1.74. The molecule has 0 saturated carbocycles. The van der Waals surface area contributed by atoms with Crippen LogP contribution in [0.3, 0.4) is 0 Å². The Kier molecular flexibility index (Phi) is 5.86. The van der Waals surface area contributed by atoms with Gasteiger partial charge in [0.1, 0.15) is 0 Å². The molecule has 0 unspecified atom stereocenters. The van der Waals surface area contributed by atoms with Gasteiger partial charge in [0.15, 0.2) is 0 Å². The van der Waals surface area contributed by atoms with Crippen LogP contribution < -0.4 is 5.73 Å². The standard InChI is InChI=1S/C15H25NO.ClH/c1-14(2,3)12-8-6-11(7-9-12)13(16)15(4,5)10-17;/h6-9,13,17H,10,16H2,1-5H3;1H/t13-;/m1./s1. The molecule has 2 nitrogen and oxygen atoms in total. The Morgan fingerprint density at radius 2 is 1.50 bits per heavy atom. The molecule has 3 heteroatoms. The number of rotatable bonds is 3. The van der Waals surface area contributed by atoms with Crippen LogP contribution in [0.2, 0.25) is 0 Å². The average Bonchev–Trinajstić information content (AvgIpc) is 2.27. The van der Waals surface area contributed by atoms with E-state index in [1.165, 1.54) is 5.56 Å². The summed E-state index contributed by atoms with van der Waals surface area (Å²) in [5.41, 5.74) is 8.44. The first-order valence-electron chi connectivity index (χ1n) is 6.15. The van der Waals surface area contributed by atoms with Gasteiger partial charge in [0.2, 0.25) is 0 Å². The third-order valence-corrected chi connectivity index (χ3v) is 3.39. The Balaban J connectivity index is 0.00000289. The van der Waals surface area contributed by atoms with Crippen molar-refractivity contribution in [3.05, 3.63) is 35.4 Å². The Morgan fingerprint density at radius 3 is 1.83 bits per heavy atom. The highest BCUT2D eigenvalue weighted by Crippen LogP contribution is 2.31. The molecule has 0 bridgehead atoms. The van der Waals surface area contributed by atoms with Gasteiger partial charge in [-0.15, -0.1) is 12.4 Å². The van der Waals surface area contributed by atoms with Gasteiger partial charge in [-0.2, -0.15) is 0 Å². The second kappa shape index (κ2) is 6.05. The molecule has 0 heterocycles. The van der Waals surface area contributed by atoms with Gasteiger partial charge in [-0.3, -0.25) is 0 Å². The van der Waals surface area contributed by atoms with Crippen LogP contribution in [0.25, 0.3) is 0 Å². The van der Waals surface area contributed by atoms with Crippen LogP contribution in [0.15, 0.2) is 24.3 Å². The molecule has 18 heavy (non-hydrogen) atoms. The van der Waals surface area contributed by atoms with Crippen LogP contribution in [-0.2, 0) is 5.41 Å². The number of aliphatic hydroxyl groups excluding tert-OH is 1. The van der Waals surface area contributed by atoms with E-state index in [0.717, 1.165) is 5.56 Å². The van der Waals surface area contributed by atoms with Gasteiger partial charge < -0.3 is 10.8 Å². The van der Waals surface area contributed by atoms with Crippen molar-refractivity contribution in [1.82, 2.24) is 0 Å². The largest absolute Gasteiger partial charge is 0.396 e. The van der Waals surface area contributed by atoms with Crippen LogP contribution in [-0.4, -0.2) is 11.7 Å². The van der Waals surface area contributed by atoms with E-state index in [1.54, 1.807) is 0 Å². The average molecular weight is 272 g/mol. The van der Waals surface area contributed by atoms with E-state index in [4.69, 9.17) is 5.73 Å². The van der Waals surface area contributed by atoms with Crippen LogP contribution in [0.5, 0.6) is 0 Å². The summed E-state index contributed by atoms with van der Waals surface area (Å²) < 4.78 is 0. The van der Waals surface area contributed by atoms with Crippen LogP contribution in [0, 0.1) is 5.41 Å². The molecule has 0 saturated heterocycles. The van der Waals surface area contributed by atoms with Crippen molar-refractivity contribution in [3.63, 3.8) is 0 Å². The highest BCUT2D eigenvalue weighted by molar-refractivity contribution is 5.85. The molecule has 0 radical (unpaired) electrons. The Hall–Kier alpha value is -0.570. The molecule has 3 N–H and O–H groups in total. The topological polar surface area (TPSA) is 46.2 Å². The number of benzene rings is 1. The van der Waals surface area contributed by atoms with Crippen LogP contribution in [0.1, 0.15) is 51.8 Å². The van der Waals surface area contributed by atoms with Gasteiger partial charge in [0.25, 0.3) is 0 Å². The lowest BCUT2D eigenvalue weighted by atomic mass is 9.80. The molecule has 0 aliphatic rings. The molecular formula is C15H26ClNO. The summed E-state index contributed by atoms with van der Waals surface area (Å²) in [7, 11) is 0. The molecule has 104 valence electrons. The van der Waals surface area contributed by atoms with E-state index in [0.29, 0.717) is 0 Å². The van der Waals surface area contributed by atoms with Crippen molar-refractivity contribution < 1.29 is 5.11 Å². The second-order valence-electron chi connectivity index (χ2n) is 6.50. The molecule has 0 amide bonds. The van der Waals surface area contributed by atoms with E-state index in [9.17, 15) is 5.11 Å². The highest BCUT2D eigenvalue weighted by Gasteiger charge is 2.27. The zero-order valence-corrected chi connectivity index (χ0v) is 12.8. The summed E-state index contributed by atoms with van der Waals surface area (Å²) in [6.07, 6.45) is 0. The van der Waals surface area contributed by atoms with Crippen molar-refractivity contribution in [2.24, 2.45) is 11.1 Å². The number of hydrogen-bond acceptors (Lipinski definition) is 2. The summed E-state index contributed by atoms with van der Waals surface area (Å²) >= 11 is 0. The van der Waals surface area contributed by atoms with Crippen molar-refractivity contribution in [2.75, 3.05) is 6.61 Å². The summed E-state index contributed by atoms with van der Waals surface area (Å²) in [5.74, 6) is 0. The molecule has 1 aromatic carbocycles. The third kappa shape index (κ3) is 3.98. The number of aliphatic hydroxyl groups is 1. The molecule has 0 aliphatic heterocycles. The van der Waals surface area contributed by atoms with Gasteiger partial charge in [0.05, 0.1) is 0 Å². The maximum Gasteiger partial charge on any atom is 0.0500 e. The van der Waals surface area contributed by atoms with Crippen molar-refractivity contribution >= 4 is 12.4 Å². The van der Waals surface area contributed by atoms with Crippen LogP contribution in [0.4, 0.5) is 0 Å². The molecular weight excluding hydrogens is 246 g/mol. The van der Waals surface area contributed by atoms with E-state index in [2.05, 4.69) is 45.0 Å². The molecule has 1 aromatic rings. The van der Waals surface area contributed by atoms with E-state index in [-0.39, 0.29) is 35.9 Å². The minimum absolute atomic E-state index is 0. The molecule has 0 fully saturated rings. The first-order valence-corrected chi connectivity index (χ1v) is 6.15. The predicted molar refractivity (Wildman–Crippen MR) is 80.2 cm³/mol. The summed E-state index contributed by atoms with van der Waals surface area (Å²) in [4.78, 5) is 0. The van der Waals surface area contributed by atoms with Gasteiger partial charge in [0, 0.05) is 18.1 Å². The van der Waals surface area contributed by atoms with Gasteiger partial charge >= 0.3 is 0 Å². The maximum absolute atomic E-state index is 9.33. The van der Waals surface area contributed by atoms with E-state index in [1.807, 2.05) is 13.8 Å². The van der Waals surface area contributed by atoms with Gasteiger partial charge in [-0.1, -0.05) is 58.9 Å². The van der Waals surface area contributed by atoms with Crippen molar-refractivity contribution in [2.45, 2.75) is 46.1 Å². The van der Waals surface area contributed by atoms with Crippen molar-refractivity contribution in [1.29, 1.82) is 0 Å². The first-order chi connectivity index (χ1) is 7.68. The lowest BCUT2D eigenvalue weighted by molar-refractivity contribution is 0.132. The first kappa shape index (κ1) is 17.4. The quantitative estimate of drug-likeness (QED) is 0.885. The zero-order chi connectivity index (χ0) is 13.3. The minimum Gasteiger partial charge on any atom is -0.396 e. The summed E-state index contributed by atoms with van der Waals surface area (Å²) in [5, 5.41) is 9.33. The van der Waals surface area contributed by atoms with E-state index < -0.39 is 0 Å². The van der Waals surface area contributed by atoms with Crippen LogP contribution >= 0.6 is 12.4 Å². The molecule has 1 rings (SSSR count). The fraction of sp³-hybridized carbons (Fsp3) is 0.600. The summed E-state index contributed by atoms with van der Waals surface area (Å²) in [6, 6.07) is 8.26. The predicted octanol–water partition coefficient (Wildman–Crippen LogP) is 3.42. The molecule has 1 atom stereocenters.